The molecule has 2 aromatic carbocycles. The van der Waals surface area contributed by atoms with Gasteiger partial charge in [0, 0.05) is 41.6 Å². The van der Waals surface area contributed by atoms with Gasteiger partial charge >= 0.3 is 0 Å². The van der Waals surface area contributed by atoms with Gasteiger partial charge in [-0.2, -0.15) is 0 Å². The fourth-order valence-corrected chi connectivity index (χ4v) is 2.98. The fourth-order valence-electron chi connectivity index (χ4n) is 2.98. The number of aryl methyl sites for hydroxylation is 1. The van der Waals surface area contributed by atoms with E-state index < -0.39 is 0 Å². The number of nitrogens with one attached hydrogen (secondary N) is 2. The smallest absolute Gasteiger partial charge is 0.255 e. The SMILES string of the molecule is CCC(C)NC(=O)c1cccc(C(=O)Nc2ccc(N(CC)CC)cc2C)c1. The Hall–Kier alpha value is -2.82. The predicted molar refractivity (Wildman–Crippen MR) is 116 cm³/mol. The molecule has 0 saturated heterocycles. The molecule has 2 amide bonds. The van der Waals surface area contributed by atoms with Crippen molar-refractivity contribution in [3.63, 3.8) is 0 Å². The quantitative estimate of drug-likeness (QED) is 0.701. The molecule has 0 heterocycles. The molecule has 0 fully saturated rings. The van der Waals surface area contributed by atoms with E-state index in [0.717, 1.165) is 36.4 Å². The van der Waals surface area contributed by atoms with Gasteiger partial charge in [-0.25, -0.2) is 0 Å². The predicted octanol–water partition coefficient (Wildman–Crippen LogP) is 4.62. The van der Waals surface area contributed by atoms with E-state index >= 15 is 0 Å². The second-order valence-corrected chi connectivity index (χ2v) is 6.99. The molecule has 5 heteroatoms. The Balaban J connectivity index is 2.15. The molecule has 0 saturated carbocycles. The third kappa shape index (κ3) is 5.35. The van der Waals surface area contributed by atoms with Gasteiger partial charge in [-0.3, -0.25) is 9.59 Å². The van der Waals surface area contributed by atoms with E-state index in [0.29, 0.717) is 11.1 Å². The molecule has 1 unspecified atom stereocenters. The van der Waals surface area contributed by atoms with Crippen molar-refractivity contribution in [1.29, 1.82) is 0 Å². The van der Waals surface area contributed by atoms with Crippen molar-refractivity contribution in [3.05, 3.63) is 59.2 Å². The number of carbonyl (C=O) groups is 2. The maximum absolute atomic E-state index is 12.7. The van der Waals surface area contributed by atoms with Gasteiger partial charge in [-0.15, -0.1) is 0 Å². The Morgan fingerprint density at radius 2 is 1.61 bits per heavy atom. The number of anilines is 2. The molecule has 0 radical (unpaired) electrons. The molecule has 0 aromatic heterocycles. The van der Waals surface area contributed by atoms with Crippen LogP contribution in [0.25, 0.3) is 0 Å². The van der Waals surface area contributed by atoms with Gasteiger partial charge in [-0.05, 0) is 76.1 Å². The van der Waals surface area contributed by atoms with Crippen LogP contribution in [0, 0.1) is 6.92 Å². The molecule has 0 aliphatic heterocycles. The van der Waals surface area contributed by atoms with Crippen LogP contribution in [0.15, 0.2) is 42.5 Å². The van der Waals surface area contributed by atoms with Crippen molar-refractivity contribution in [1.82, 2.24) is 5.32 Å². The number of carbonyl (C=O) groups excluding carboxylic acids is 2. The topological polar surface area (TPSA) is 61.4 Å². The molecule has 0 aliphatic rings. The normalized spacial score (nSPS) is 11.6. The summed E-state index contributed by atoms with van der Waals surface area (Å²) >= 11 is 0. The summed E-state index contributed by atoms with van der Waals surface area (Å²) in [6.07, 6.45) is 0.856. The highest BCUT2D eigenvalue weighted by Crippen LogP contribution is 2.23. The van der Waals surface area contributed by atoms with Crippen LogP contribution in [-0.2, 0) is 0 Å². The van der Waals surface area contributed by atoms with Crippen LogP contribution in [0.1, 0.15) is 60.4 Å². The van der Waals surface area contributed by atoms with Gasteiger partial charge < -0.3 is 15.5 Å². The summed E-state index contributed by atoms with van der Waals surface area (Å²) in [5.41, 5.74) is 3.87. The number of rotatable bonds is 8. The first-order valence-electron chi connectivity index (χ1n) is 9.97. The standard InChI is InChI=1S/C23H31N3O2/c1-6-17(5)24-22(27)18-10-9-11-19(15-18)23(28)25-21-13-12-20(14-16(21)4)26(7-2)8-3/h9-15,17H,6-8H2,1-5H3,(H,24,27)(H,25,28). The minimum absolute atomic E-state index is 0.0944. The summed E-state index contributed by atoms with van der Waals surface area (Å²) in [4.78, 5) is 27.3. The number of hydrogen-bond donors (Lipinski definition) is 2. The Morgan fingerprint density at radius 3 is 2.18 bits per heavy atom. The maximum Gasteiger partial charge on any atom is 0.255 e. The van der Waals surface area contributed by atoms with E-state index in [-0.39, 0.29) is 17.9 Å². The first kappa shape index (κ1) is 21.5. The van der Waals surface area contributed by atoms with Gasteiger partial charge in [0.2, 0.25) is 0 Å². The lowest BCUT2D eigenvalue weighted by Gasteiger charge is -2.22. The van der Waals surface area contributed by atoms with Crippen LogP contribution >= 0.6 is 0 Å². The van der Waals surface area contributed by atoms with Crippen LogP contribution in [0.5, 0.6) is 0 Å². The summed E-state index contributed by atoms with van der Waals surface area (Å²) in [5.74, 6) is -0.388. The first-order valence-corrected chi connectivity index (χ1v) is 9.97. The van der Waals surface area contributed by atoms with Crippen molar-refractivity contribution in [2.45, 2.75) is 47.1 Å². The summed E-state index contributed by atoms with van der Waals surface area (Å²) in [7, 11) is 0. The molecular formula is C23H31N3O2. The third-order valence-electron chi connectivity index (χ3n) is 4.96. The molecular weight excluding hydrogens is 350 g/mol. The van der Waals surface area contributed by atoms with E-state index in [9.17, 15) is 9.59 Å². The van der Waals surface area contributed by atoms with Gasteiger partial charge in [0.05, 0.1) is 0 Å². The highest BCUT2D eigenvalue weighted by molar-refractivity contribution is 6.06. The van der Waals surface area contributed by atoms with Gasteiger partial charge in [0.1, 0.15) is 0 Å². The molecule has 150 valence electrons. The van der Waals surface area contributed by atoms with Gasteiger partial charge in [0.15, 0.2) is 0 Å². The third-order valence-corrected chi connectivity index (χ3v) is 4.96. The Bertz CT molecular complexity index is 828. The molecule has 0 aliphatic carbocycles. The van der Waals surface area contributed by atoms with E-state index in [1.807, 2.05) is 32.9 Å². The van der Waals surface area contributed by atoms with E-state index in [1.165, 1.54) is 0 Å². The number of amides is 2. The highest BCUT2D eigenvalue weighted by atomic mass is 16.2. The maximum atomic E-state index is 12.7. The molecule has 2 aromatic rings. The first-order chi connectivity index (χ1) is 13.4. The minimum atomic E-state index is -0.225. The van der Waals surface area contributed by atoms with Crippen molar-refractivity contribution < 1.29 is 9.59 Å². The average molecular weight is 382 g/mol. The number of nitrogens with zero attached hydrogens (tertiary/aromatic N) is 1. The summed E-state index contributed by atoms with van der Waals surface area (Å²) < 4.78 is 0. The molecule has 5 nitrogen and oxygen atoms in total. The molecule has 1 atom stereocenters. The summed E-state index contributed by atoms with van der Waals surface area (Å²) in [5, 5.41) is 5.88. The number of hydrogen-bond acceptors (Lipinski definition) is 3. The van der Waals surface area contributed by atoms with Crippen LogP contribution < -0.4 is 15.5 Å². The molecule has 2 N–H and O–H groups in total. The minimum Gasteiger partial charge on any atom is -0.372 e. The second kappa shape index (κ2) is 9.93. The monoisotopic (exact) mass is 381 g/mol. The number of benzene rings is 2. The van der Waals surface area contributed by atoms with E-state index in [4.69, 9.17) is 0 Å². The van der Waals surface area contributed by atoms with Crippen LogP contribution in [0.3, 0.4) is 0 Å². The average Bonchev–Trinajstić information content (AvgIpc) is 2.70. The van der Waals surface area contributed by atoms with Crippen LogP contribution in [0.2, 0.25) is 0 Å². The second-order valence-electron chi connectivity index (χ2n) is 6.99. The highest BCUT2D eigenvalue weighted by Gasteiger charge is 2.13. The van der Waals surface area contributed by atoms with Crippen LogP contribution in [-0.4, -0.2) is 30.9 Å². The zero-order chi connectivity index (χ0) is 20.7. The zero-order valence-corrected chi connectivity index (χ0v) is 17.5. The lowest BCUT2D eigenvalue weighted by atomic mass is 10.1. The summed E-state index contributed by atoms with van der Waals surface area (Å²) in [6, 6.07) is 12.9. The Morgan fingerprint density at radius 1 is 0.964 bits per heavy atom. The van der Waals surface area contributed by atoms with Crippen LogP contribution in [0.4, 0.5) is 11.4 Å². The van der Waals surface area contributed by atoms with Crippen molar-refractivity contribution in [2.24, 2.45) is 0 Å². The fraction of sp³-hybridized carbons (Fsp3) is 0.391. The van der Waals surface area contributed by atoms with Gasteiger partial charge in [-0.1, -0.05) is 13.0 Å². The Labute approximate surface area is 168 Å². The molecule has 2 rings (SSSR count). The lowest BCUT2D eigenvalue weighted by Crippen LogP contribution is -2.32. The molecule has 0 spiro atoms. The Kier molecular flexibility index (Phi) is 7.61. The van der Waals surface area contributed by atoms with Crippen molar-refractivity contribution in [3.8, 4) is 0 Å². The van der Waals surface area contributed by atoms with E-state index in [1.54, 1.807) is 24.3 Å². The van der Waals surface area contributed by atoms with Crippen molar-refractivity contribution >= 4 is 23.2 Å². The largest absolute Gasteiger partial charge is 0.372 e. The zero-order valence-electron chi connectivity index (χ0n) is 17.5. The molecule has 28 heavy (non-hydrogen) atoms. The van der Waals surface area contributed by atoms with E-state index in [2.05, 4.69) is 35.4 Å². The van der Waals surface area contributed by atoms with Crippen molar-refractivity contribution in [2.75, 3.05) is 23.3 Å². The lowest BCUT2D eigenvalue weighted by molar-refractivity contribution is 0.0939. The summed E-state index contributed by atoms with van der Waals surface area (Å²) in [6.45, 7) is 12.1. The molecule has 0 bridgehead atoms. The van der Waals surface area contributed by atoms with Gasteiger partial charge in [0.25, 0.3) is 11.8 Å².